The molecule has 22 heavy (non-hydrogen) atoms. The molecule has 128 valence electrons. The first-order chi connectivity index (χ1) is 10.3. The zero-order valence-corrected chi connectivity index (χ0v) is 13.3. The van der Waals surface area contributed by atoms with Crippen molar-refractivity contribution >= 4 is 17.7 Å². The SMILES string of the molecule is CCCCCC(=O)N[C@@H](CCN)C(=O)NC(C(N)=O)[C@@H](C)O. The number of aliphatic hydroxyl groups is 1. The number of hydrogen-bond acceptors (Lipinski definition) is 5. The Labute approximate surface area is 131 Å². The van der Waals surface area contributed by atoms with Crippen LogP contribution in [0.5, 0.6) is 0 Å². The summed E-state index contributed by atoms with van der Waals surface area (Å²) < 4.78 is 0. The van der Waals surface area contributed by atoms with Crippen molar-refractivity contribution in [3.63, 3.8) is 0 Å². The molecule has 0 spiro atoms. The second-order valence-corrected chi connectivity index (χ2v) is 5.28. The highest BCUT2D eigenvalue weighted by atomic mass is 16.3. The lowest BCUT2D eigenvalue weighted by molar-refractivity contribution is -0.133. The molecule has 0 fully saturated rings. The van der Waals surface area contributed by atoms with Gasteiger partial charge in [0.2, 0.25) is 17.7 Å². The minimum atomic E-state index is -1.20. The third-order valence-electron chi connectivity index (χ3n) is 3.20. The zero-order valence-electron chi connectivity index (χ0n) is 13.3. The van der Waals surface area contributed by atoms with E-state index < -0.39 is 30.0 Å². The van der Waals surface area contributed by atoms with E-state index in [-0.39, 0.29) is 18.9 Å². The number of nitrogens with two attached hydrogens (primary N) is 2. The van der Waals surface area contributed by atoms with Crippen molar-refractivity contribution < 1.29 is 19.5 Å². The Morgan fingerprint density at radius 3 is 2.27 bits per heavy atom. The van der Waals surface area contributed by atoms with Gasteiger partial charge in [0.05, 0.1) is 6.10 Å². The summed E-state index contributed by atoms with van der Waals surface area (Å²) in [5.74, 6) is -1.67. The van der Waals surface area contributed by atoms with Crippen LogP contribution in [0.4, 0.5) is 0 Å². The van der Waals surface area contributed by atoms with Crippen LogP contribution in [0.1, 0.15) is 46.0 Å². The molecule has 1 unspecified atom stereocenters. The van der Waals surface area contributed by atoms with E-state index in [9.17, 15) is 19.5 Å². The minimum absolute atomic E-state index is 0.198. The van der Waals surface area contributed by atoms with Crippen LogP contribution < -0.4 is 22.1 Å². The zero-order chi connectivity index (χ0) is 17.1. The second kappa shape index (κ2) is 11.0. The lowest BCUT2D eigenvalue weighted by Gasteiger charge is -2.23. The third kappa shape index (κ3) is 7.94. The van der Waals surface area contributed by atoms with Crippen LogP contribution in [0.15, 0.2) is 0 Å². The number of hydrogen-bond donors (Lipinski definition) is 5. The second-order valence-electron chi connectivity index (χ2n) is 5.28. The van der Waals surface area contributed by atoms with E-state index in [1.807, 2.05) is 6.92 Å². The Balaban J connectivity index is 4.61. The van der Waals surface area contributed by atoms with E-state index in [1.165, 1.54) is 6.92 Å². The summed E-state index contributed by atoms with van der Waals surface area (Å²) >= 11 is 0. The fourth-order valence-corrected chi connectivity index (χ4v) is 1.92. The average Bonchev–Trinajstić information content (AvgIpc) is 2.43. The molecular weight excluding hydrogens is 288 g/mol. The molecule has 3 amide bonds. The molecule has 0 aromatic rings. The van der Waals surface area contributed by atoms with Crippen LogP contribution in [0, 0.1) is 0 Å². The van der Waals surface area contributed by atoms with Crippen molar-refractivity contribution in [2.45, 2.75) is 64.1 Å². The number of aliphatic hydroxyl groups excluding tert-OH is 1. The van der Waals surface area contributed by atoms with Crippen LogP contribution in [0.25, 0.3) is 0 Å². The van der Waals surface area contributed by atoms with Gasteiger partial charge in [0.15, 0.2) is 0 Å². The maximum atomic E-state index is 12.1. The molecule has 0 aliphatic carbocycles. The van der Waals surface area contributed by atoms with Gasteiger partial charge >= 0.3 is 0 Å². The average molecular weight is 316 g/mol. The summed E-state index contributed by atoms with van der Waals surface area (Å²) in [6, 6.07) is -2.05. The minimum Gasteiger partial charge on any atom is -0.391 e. The maximum absolute atomic E-state index is 12.1. The van der Waals surface area contributed by atoms with Gasteiger partial charge in [-0.15, -0.1) is 0 Å². The van der Waals surface area contributed by atoms with Crippen LogP contribution in [0.2, 0.25) is 0 Å². The van der Waals surface area contributed by atoms with Crippen molar-refractivity contribution in [3.05, 3.63) is 0 Å². The summed E-state index contributed by atoms with van der Waals surface area (Å²) in [6.45, 7) is 3.57. The Hall–Kier alpha value is -1.67. The number of rotatable bonds is 11. The first kappa shape index (κ1) is 20.3. The van der Waals surface area contributed by atoms with Crippen LogP contribution in [-0.2, 0) is 14.4 Å². The molecule has 0 saturated carbocycles. The van der Waals surface area contributed by atoms with Crippen molar-refractivity contribution in [2.24, 2.45) is 11.5 Å². The fourth-order valence-electron chi connectivity index (χ4n) is 1.92. The van der Waals surface area contributed by atoms with Gasteiger partial charge in [-0.05, 0) is 26.3 Å². The van der Waals surface area contributed by atoms with Crippen LogP contribution >= 0.6 is 0 Å². The van der Waals surface area contributed by atoms with E-state index in [2.05, 4.69) is 10.6 Å². The first-order valence-electron chi connectivity index (χ1n) is 7.60. The molecular formula is C14H28N4O4. The first-order valence-corrected chi connectivity index (χ1v) is 7.60. The molecule has 3 atom stereocenters. The van der Waals surface area contributed by atoms with E-state index in [0.29, 0.717) is 6.42 Å². The highest BCUT2D eigenvalue weighted by Gasteiger charge is 2.27. The third-order valence-corrected chi connectivity index (χ3v) is 3.20. The normalized spacial score (nSPS) is 14.7. The van der Waals surface area contributed by atoms with Crippen LogP contribution in [-0.4, -0.2) is 47.6 Å². The smallest absolute Gasteiger partial charge is 0.243 e. The highest BCUT2D eigenvalue weighted by Crippen LogP contribution is 2.01. The summed E-state index contributed by atoms with van der Waals surface area (Å²) in [5, 5.41) is 14.4. The monoisotopic (exact) mass is 316 g/mol. The number of nitrogens with one attached hydrogen (secondary N) is 2. The molecule has 0 saturated heterocycles. The van der Waals surface area contributed by atoms with Gasteiger partial charge in [-0.3, -0.25) is 14.4 Å². The fraction of sp³-hybridized carbons (Fsp3) is 0.786. The van der Waals surface area contributed by atoms with Gasteiger partial charge < -0.3 is 27.2 Å². The summed E-state index contributed by atoms with van der Waals surface area (Å²) in [4.78, 5) is 35.1. The molecule has 0 aromatic heterocycles. The lowest BCUT2D eigenvalue weighted by Crippen LogP contribution is -2.56. The van der Waals surface area contributed by atoms with Gasteiger partial charge in [-0.2, -0.15) is 0 Å². The number of carbonyl (C=O) groups is 3. The van der Waals surface area contributed by atoms with Crippen molar-refractivity contribution in [1.29, 1.82) is 0 Å². The van der Waals surface area contributed by atoms with E-state index in [1.54, 1.807) is 0 Å². The summed E-state index contributed by atoms with van der Waals surface area (Å²) in [7, 11) is 0. The van der Waals surface area contributed by atoms with Gasteiger partial charge in [0.25, 0.3) is 0 Å². The van der Waals surface area contributed by atoms with E-state index in [0.717, 1.165) is 19.3 Å². The molecule has 0 aromatic carbocycles. The van der Waals surface area contributed by atoms with Gasteiger partial charge in [0.1, 0.15) is 12.1 Å². The number of primary amides is 1. The predicted molar refractivity (Wildman–Crippen MR) is 82.6 cm³/mol. The van der Waals surface area contributed by atoms with Gasteiger partial charge in [-0.25, -0.2) is 0 Å². The predicted octanol–water partition coefficient (Wildman–Crippen LogP) is -1.25. The summed E-state index contributed by atoms with van der Waals surface area (Å²) in [5.41, 5.74) is 10.6. The molecule has 0 aliphatic rings. The highest BCUT2D eigenvalue weighted by molar-refractivity contribution is 5.91. The molecule has 8 heteroatoms. The van der Waals surface area contributed by atoms with Gasteiger partial charge in [-0.1, -0.05) is 19.8 Å². The standard InChI is InChI=1S/C14H28N4O4/c1-3-4-5-6-11(20)17-10(7-8-15)14(22)18-12(9(2)19)13(16)21/h9-10,12,19H,3-8,15H2,1-2H3,(H2,16,21)(H,17,20)(H,18,22)/t9-,10+,12?/m1/s1. The van der Waals surface area contributed by atoms with Crippen LogP contribution in [0.3, 0.4) is 0 Å². The Morgan fingerprint density at radius 1 is 1.18 bits per heavy atom. The van der Waals surface area contributed by atoms with Gasteiger partial charge in [0, 0.05) is 6.42 Å². The largest absolute Gasteiger partial charge is 0.391 e. The van der Waals surface area contributed by atoms with Crippen molar-refractivity contribution in [1.82, 2.24) is 10.6 Å². The molecule has 0 aliphatic heterocycles. The molecule has 0 bridgehead atoms. The molecule has 7 N–H and O–H groups in total. The molecule has 0 heterocycles. The van der Waals surface area contributed by atoms with Crippen molar-refractivity contribution in [2.75, 3.05) is 6.54 Å². The van der Waals surface area contributed by atoms with E-state index >= 15 is 0 Å². The van der Waals surface area contributed by atoms with Crippen molar-refractivity contribution in [3.8, 4) is 0 Å². The molecule has 8 nitrogen and oxygen atoms in total. The number of amides is 3. The maximum Gasteiger partial charge on any atom is 0.243 e. The Bertz CT molecular complexity index is 374. The molecule has 0 radical (unpaired) electrons. The van der Waals surface area contributed by atoms with E-state index in [4.69, 9.17) is 11.5 Å². The Morgan fingerprint density at radius 2 is 1.82 bits per heavy atom. The summed E-state index contributed by atoms with van der Waals surface area (Å²) in [6.07, 6.45) is 2.12. The Kier molecular flexibility index (Phi) is 10.1. The topological polar surface area (TPSA) is 148 Å². The number of carbonyl (C=O) groups excluding carboxylic acids is 3. The lowest BCUT2D eigenvalue weighted by atomic mass is 10.1. The quantitative estimate of drug-likeness (QED) is 0.302. The molecule has 0 rings (SSSR count). The number of unbranched alkanes of at least 4 members (excludes halogenated alkanes) is 2.